The van der Waals surface area contributed by atoms with E-state index in [9.17, 15) is 10.0 Å². The number of rotatable bonds is 4. The molecule has 82 valence electrons. The van der Waals surface area contributed by atoms with Crippen LogP contribution in [0.15, 0.2) is 12.1 Å². The Balaban J connectivity index is 3.27. The van der Waals surface area contributed by atoms with E-state index < -0.39 is 7.12 Å². The predicted molar refractivity (Wildman–Crippen MR) is 58.7 cm³/mol. The highest BCUT2D eigenvalue weighted by molar-refractivity contribution is 6.59. The first-order chi connectivity index (χ1) is 7.13. The molecule has 1 aromatic rings. The van der Waals surface area contributed by atoms with E-state index in [-0.39, 0.29) is 0 Å². The molecule has 0 saturated heterocycles. The Morgan fingerprint density at radius 2 is 1.67 bits per heavy atom. The highest BCUT2D eigenvalue weighted by atomic mass is 16.5. The Morgan fingerprint density at radius 3 is 2.07 bits per heavy atom. The molecule has 15 heavy (non-hydrogen) atoms. The summed E-state index contributed by atoms with van der Waals surface area (Å²) in [6, 6.07) is 3.34. The SMILES string of the molecule is CCc1cc(OC)c(OC)cc1B(O)O. The van der Waals surface area contributed by atoms with E-state index in [0.29, 0.717) is 23.4 Å². The quantitative estimate of drug-likeness (QED) is 0.684. The maximum Gasteiger partial charge on any atom is 0.488 e. The van der Waals surface area contributed by atoms with Gasteiger partial charge in [-0.2, -0.15) is 0 Å². The summed E-state index contributed by atoms with van der Waals surface area (Å²) in [5.74, 6) is 1.09. The average molecular weight is 210 g/mol. The molecule has 0 heterocycles. The standard InChI is InChI=1S/C10H15BO4/c1-4-7-5-9(14-2)10(15-3)6-8(7)11(12)13/h5-6,12-13H,4H2,1-3H3. The van der Waals surface area contributed by atoms with Gasteiger partial charge in [-0.05, 0) is 29.6 Å². The van der Waals surface area contributed by atoms with Crippen LogP contribution >= 0.6 is 0 Å². The molecule has 2 N–H and O–H groups in total. The number of aryl methyl sites for hydroxylation is 1. The monoisotopic (exact) mass is 210 g/mol. The van der Waals surface area contributed by atoms with Crippen LogP contribution < -0.4 is 14.9 Å². The number of hydrogen-bond donors (Lipinski definition) is 2. The largest absolute Gasteiger partial charge is 0.493 e. The third-order valence-corrected chi connectivity index (χ3v) is 2.30. The van der Waals surface area contributed by atoms with Crippen LogP contribution in [0.2, 0.25) is 0 Å². The third kappa shape index (κ3) is 2.43. The maximum absolute atomic E-state index is 9.18. The van der Waals surface area contributed by atoms with Crippen LogP contribution in [-0.4, -0.2) is 31.4 Å². The van der Waals surface area contributed by atoms with E-state index in [1.165, 1.54) is 7.11 Å². The van der Waals surface area contributed by atoms with Crippen molar-refractivity contribution in [2.45, 2.75) is 13.3 Å². The minimum absolute atomic E-state index is 0.454. The smallest absolute Gasteiger partial charge is 0.488 e. The Bertz CT molecular complexity index is 338. The molecule has 0 unspecified atom stereocenters. The van der Waals surface area contributed by atoms with Crippen molar-refractivity contribution < 1.29 is 19.5 Å². The molecule has 1 aromatic carbocycles. The van der Waals surface area contributed by atoms with Crippen LogP contribution in [0.3, 0.4) is 0 Å². The molecule has 0 aliphatic heterocycles. The summed E-state index contributed by atoms with van der Waals surface area (Å²) in [5.41, 5.74) is 1.29. The first-order valence-corrected chi connectivity index (χ1v) is 4.75. The lowest BCUT2D eigenvalue weighted by atomic mass is 9.76. The second-order valence-corrected chi connectivity index (χ2v) is 3.13. The molecule has 1 rings (SSSR count). The Labute approximate surface area is 89.6 Å². The summed E-state index contributed by atoms with van der Waals surface area (Å²) in [6.07, 6.45) is 0.702. The van der Waals surface area contributed by atoms with Gasteiger partial charge < -0.3 is 19.5 Å². The van der Waals surface area contributed by atoms with Gasteiger partial charge in [0.15, 0.2) is 11.5 Å². The summed E-state index contributed by atoms with van der Waals surface area (Å²) < 4.78 is 10.2. The van der Waals surface area contributed by atoms with Gasteiger partial charge in [0.25, 0.3) is 0 Å². The highest BCUT2D eigenvalue weighted by Gasteiger charge is 2.18. The second kappa shape index (κ2) is 5.05. The Kier molecular flexibility index (Phi) is 4.00. The van der Waals surface area contributed by atoms with E-state index in [1.54, 1.807) is 19.2 Å². The molecular weight excluding hydrogens is 195 g/mol. The van der Waals surface area contributed by atoms with Gasteiger partial charge in [-0.1, -0.05) is 6.92 Å². The first-order valence-electron chi connectivity index (χ1n) is 4.75. The fourth-order valence-corrected chi connectivity index (χ4v) is 1.48. The van der Waals surface area contributed by atoms with Crippen LogP contribution in [0.5, 0.6) is 11.5 Å². The van der Waals surface area contributed by atoms with Crippen molar-refractivity contribution in [3.05, 3.63) is 17.7 Å². The van der Waals surface area contributed by atoms with E-state index in [4.69, 9.17) is 9.47 Å². The number of benzene rings is 1. The molecule has 0 spiro atoms. The van der Waals surface area contributed by atoms with Crippen LogP contribution in [0.1, 0.15) is 12.5 Å². The van der Waals surface area contributed by atoms with Crippen molar-refractivity contribution >= 4 is 12.6 Å². The maximum atomic E-state index is 9.18. The summed E-state index contributed by atoms with van der Waals surface area (Å²) >= 11 is 0. The van der Waals surface area contributed by atoms with Gasteiger partial charge in [0, 0.05) is 0 Å². The van der Waals surface area contributed by atoms with Crippen molar-refractivity contribution in [1.82, 2.24) is 0 Å². The first kappa shape index (κ1) is 11.9. The molecule has 5 heteroatoms. The molecular formula is C10H15BO4. The van der Waals surface area contributed by atoms with E-state index >= 15 is 0 Å². The van der Waals surface area contributed by atoms with E-state index in [0.717, 1.165) is 5.56 Å². The normalized spacial score (nSPS) is 9.93. The van der Waals surface area contributed by atoms with Gasteiger partial charge in [-0.3, -0.25) is 0 Å². The lowest BCUT2D eigenvalue weighted by Gasteiger charge is -2.13. The second-order valence-electron chi connectivity index (χ2n) is 3.13. The molecule has 0 atom stereocenters. The van der Waals surface area contributed by atoms with Gasteiger partial charge in [0.05, 0.1) is 14.2 Å². The van der Waals surface area contributed by atoms with Crippen molar-refractivity contribution in [2.24, 2.45) is 0 Å². The molecule has 4 nitrogen and oxygen atoms in total. The number of hydrogen-bond acceptors (Lipinski definition) is 4. The van der Waals surface area contributed by atoms with Gasteiger partial charge >= 0.3 is 7.12 Å². The molecule has 0 aromatic heterocycles. The molecule has 0 bridgehead atoms. The van der Waals surface area contributed by atoms with Crippen LogP contribution in [0.25, 0.3) is 0 Å². The van der Waals surface area contributed by atoms with Gasteiger partial charge in [0.1, 0.15) is 0 Å². The number of methoxy groups -OCH3 is 2. The van der Waals surface area contributed by atoms with Crippen molar-refractivity contribution in [2.75, 3.05) is 14.2 Å². The van der Waals surface area contributed by atoms with Crippen molar-refractivity contribution in [1.29, 1.82) is 0 Å². The summed E-state index contributed by atoms with van der Waals surface area (Å²) in [5, 5.41) is 18.4. The topological polar surface area (TPSA) is 58.9 Å². The van der Waals surface area contributed by atoms with Gasteiger partial charge in [-0.25, -0.2) is 0 Å². The molecule has 0 aliphatic rings. The van der Waals surface area contributed by atoms with E-state index in [2.05, 4.69) is 0 Å². The van der Waals surface area contributed by atoms with Crippen LogP contribution in [0.4, 0.5) is 0 Å². The zero-order valence-electron chi connectivity index (χ0n) is 9.15. The molecule has 0 aliphatic carbocycles. The van der Waals surface area contributed by atoms with Crippen molar-refractivity contribution in [3.63, 3.8) is 0 Å². The third-order valence-electron chi connectivity index (χ3n) is 2.30. The minimum atomic E-state index is -1.49. The van der Waals surface area contributed by atoms with Crippen LogP contribution in [0, 0.1) is 0 Å². The fourth-order valence-electron chi connectivity index (χ4n) is 1.48. The zero-order valence-corrected chi connectivity index (χ0v) is 9.15. The Hall–Kier alpha value is -1.20. The summed E-state index contributed by atoms with van der Waals surface area (Å²) in [7, 11) is 1.57. The average Bonchev–Trinajstić information content (AvgIpc) is 2.26. The summed E-state index contributed by atoms with van der Waals surface area (Å²) in [6.45, 7) is 1.94. The fraction of sp³-hybridized carbons (Fsp3) is 0.400. The lowest BCUT2D eigenvalue weighted by Crippen LogP contribution is -2.33. The Morgan fingerprint density at radius 1 is 1.13 bits per heavy atom. The van der Waals surface area contributed by atoms with Gasteiger partial charge in [-0.15, -0.1) is 0 Å². The number of ether oxygens (including phenoxy) is 2. The van der Waals surface area contributed by atoms with E-state index in [1.807, 2.05) is 6.92 Å². The zero-order chi connectivity index (χ0) is 11.4. The minimum Gasteiger partial charge on any atom is -0.493 e. The molecule has 0 radical (unpaired) electrons. The van der Waals surface area contributed by atoms with Gasteiger partial charge in [0.2, 0.25) is 0 Å². The lowest BCUT2D eigenvalue weighted by molar-refractivity contribution is 0.354. The summed E-state index contributed by atoms with van der Waals surface area (Å²) in [4.78, 5) is 0. The predicted octanol–water partition coefficient (Wildman–Crippen LogP) is -0.0540. The highest BCUT2D eigenvalue weighted by Crippen LogP contribution is 2.26. The van der Waals surface area contributed by atoms with Crippen LogP contribution in [-0.2, 0) is 6.42 Å². The molecule has 0 amide bonds. The molecule has 0 saturated carbocycles. The molecule has 0 fully saturated rings. The van der Waals surface area contributed by atoms with Crippen molar-refractivity contribution in [3.8, 4) is 11.5 Å².